The molecule has 4 aromatic rings. The van der Waals surface area contributed by atoms with Crippen molar-refractivity contribution >= 4 is 22.9 Å². The van der Waals surface area contributed by atoms with Crippen LogP contribution in [-0.2, 0) is 7.05 Å². The summed E-state index contributed by atoms with van der Waals surface area (Å²) in [5.41, 5.74) is 4.65. The van der Waals surface area contributed by atoms with E-state index in [-0.39, 0.29) is 12.0 Å². The molecule has 1 amide bonds. The smallest absolute Gasteiger partial charge is 0.256 e. The van der Waals surface area contributed by atoms with E-state index in [1.807, 2.05) is 61.3 Å². The molecule has 168 valence electrons. The fourth-order valence-electron chi connectivity index (χ4n) is 4.20. The molecule has 1 saturated carbocycles. The third kappa shape index (κ3) is 3.69. The van der Waals surface area contributed by atoms with Crippen molar-refractivity contribution in [2.24, 2.45) is 7.05 Å². The monoisotopic (exact) mass is 443 g/mol. The van der Waals surface area contributed by atoms with Crippen LogP contribution in [0.4, 0.5) is 11.5 Å². The number of hydrogen-bond donors (Lipinski definition) is 1. The number of hydrogen-bond acceptors (Lipinski definition) is 6. The predicted molar refractivity (Wildman–Crippen MR) is 124 cm³/mol. The zero-order valence-electron chi connectivity index (χ0n) is 18.6. The molecule has 9 nitrogen and oxygen atoms in total. The summed E-state index contributed by atoms with van der Waals surface area (Å²) in [6.07, 6.45) is 9.64. The first-order valence-corrected chi connectivity index (χ1v) is 11.2. The molecule has 33 heavy (non-hydrogen) atoms. The molecule has 0 radical (unpaired) electrons. The lowest BCUT2D eigenvalue weighted by molar-refractivity contribution is 0.102. The van der Waals surface area contributed by atoms with Gasteiger partial charge in [-0.1, -0.05) is 6.07 Å². The largest absolute Gasteiger partial charge is 0.486 e. The van der Waals surface area contributed by atoms with E-state index < -0.39 is 0 Å². The number of carbonyl (C=O) groups is 1. The molecular formula is C24H25N7O2. The Morgan fingerprint density at radius 3 is 2.85 bits per heavy atom. The van der Waals surface area contributed by atoms with Gasteiger partial charge in [-0.15, -0.1) is 0 Å². The van der Waals surface area contributed by atoms with E-state index in [9.17, 15) is 4.79 Å². The fraction of sp³-hybridized carbons (Fsp3) is 0.333. The number of rotatable bonds is 6. The van der Waals surface area contributed by atoms with Crippen LogP contribution in [0.1, 0.15) is 40.4 Å². The summed E-state index contributed by atoms with van der Waals surface area (Å²) in [5, 5.41) is 11.9. The second-order valence-corrected chi connectivity index (χ2v) is 8.87. The average Bonchev–Trinajstić information content (AvgIpc) is 3.46. The van der Waals surface area contributed by atoms with E-state index in [1.165, 1.54) is 12.8 Å². The highest BCUT2D eigenvalue weighted by Crippen LogP contribution is 2.40. The quantitative estimate of drug-likeness (QED) is 0.492. The summed E-state index contributed by atoms with van der Waals surface area (Å²) < 4.78 is 9.80. The van der Waals surface area contributed by atoms with Gasteiger partial charge in [0.25, 0.3) is 5.91 Å². The molecule has 0 bridgehead atoms. The van der Waals surface area contributed by atoms with Crippen molar-refractivity contribution in [1.82, 2.24) is 24.4 Å². The minimum atomic E-state index is -0.167. The summed E-state index contributed by atoms with van der Waals surface area (Å²) in [5.74, 6) is 1.82. The van der Waals surface area contributed by atoms with Crippen LogP contribution in [0.3, 0.4) is 0 Å². The zero-order valence-corrected chi connectivity index (χ0v) is 18.6. The number of aryl methyl sites for hydroxylation is 2. The number of nitrogens with zero attached hydrogens (tertiary/aromatic N) is 6. The second-order valence-electron chi connectivity index (χ2n) is 8.87. The van der Waals surface area contributed by atoms with Gasteiger partial charge < -0.3 is 15.0 Å². The molecule has 3 aromatic heterocycles. The maximum atomic E-state index is 12.9. The summed E-state index contributed by atoms with van der Waals surface area (Å²) in [6.45, 7) is 3.50. The van der Waals surface area contributed by atoms with E-state index in [0.29, 0.717) is 17.3 Å². The number of amides is 1. The third-order valence-corrected chi connectivity index (χ3v) is 6.37. The van der Waals surface area contributed by atoms with Crippen LogP contribution in [0.25, 0.3) is 5.52 Å². The minimum absolute atomic E-state index is 0.0480. The molecule has 0 spiro atoms. The molecule has 1 N–H and O–H groups in total. The number of ether oxygens (including phenoxy) is 1. The summed E-state index contributed by atoms with van der Waals surface area (Å²) >= 11 is 0. The van der Waals surface area contributed by atoms with Crippen LogP contribution in [0.15, 0.2) is 49.1 Å². The first-order valence-electron chi connectivity index (χ1n) is 11.2. The normalized spacial score (nSPS) is 16.1. The Balaban J connectivity index is 1.12. The number of benzene rings is 1. The molecule has 1 aliphatic heterocycles. The predicted octanol–water partition coefficient (Wildman–Crippen LogP) is 3.17. The van der Waals surface area contributed by atoms with Gasteiger partial charge in [0.15, 0.2) is 0 Å². The van der Waals surface area contributed by atoms with Crippen molar-refractivity contribution in [3.63, 3.8) is 0 Å². The standard InChI is InChI=1S/C24H25N7O2/c1-15-3-4-17(24(32)27-23-10-19(16-5-6-16)28-29(23)2)9-22(15)33-18-13-30(14-18)20-12-26-31-8-7-25-11-21(20)31/h3-4,7-12,16,18H,5-6,13-14H2,1-2H3,(H,27,32). The molecule has 4 heterocycles. The van der Waals surface area contributed by atoms with Crippen LogP contribution in [-0.4, -0.2) is 49.5 Å². The topological polar surface area (TPSA) is 89.6 Å². The Morgan fingerprint density at radius 1 is 1.18 bits per heavy atom. The summed E-state index contributed by atoms with van der Waals surface area (Å²) in [7, 11) is 1.85. The average molecular weight is 444 g/mol. The van der Waals surface area contributed by atoms with Crippen molar-refractivity contribution in [2.75, 3.05) is 23.3 Å². The summed E-state index contributed by atoms with van der Waals surface area (Å²) in [6, 6.07) is 7.55. The van der Waals surface area contributed by atoms with E-state index in [0.717, 1.165) is 41.3 Å². The maximum Gasteiger partial charge on any atom is 0.256 e. The van der Waals surface area contributed by atoms with Crippen LogP contribution < -0.4 is 15.0 Å². The molecular weight excluding hydrogens is 418 g/mol. The van der Waals surface area contributed by atoms with Crippen LogP contribution >= 0.6 is 0 Å². The van der Waals surface area contributed by atoms with Gasteiger partial charge in [0.05, 0.1) is 36.9 Å². The molecule has 2 aliphatic rings. The van der Waals surface area contributed by atoms with Gasteiger partial charge in [0.1, 0.15) is 23.2 Å². The Labute approximate surface area is 191 Å². The first kappa shape index (κ1) is 19.8. The zero-order chi connectivity index (χ0) is 22.5. The van der Waals surface area contributed by atoms with Crippen LogP contribution in [0.2, 0.25) is 0 Å². The maximum absolute atomic E-state index is 12.9. The fourth-order valence-corrected chi connectivity index (χ4v) is 4.20. The van der Waals surface area contributed by atoms with Gasteiger partial charge in [-0.25, -0.2) is 4.52 Å². The number of aromatic nitrogens is 5. The Morgan fingerprint density at radius 2 is 2.03 bits per heavy atom. The lowest BCUT2D eigenvalue weighted by Crippen LogP contribution is -2.54. The SMILES string of the molecule is Cc1ccc(C(=O)Nc2cc(C3CC3)nn2C)cc1OC1CN(c2cnn3ccncc23)C1. The molecule has 0 atom stereocenters. The van der Waals surface area contributed by atoms with Crippen molar-refractivity contribution < 1.29 is 9.53 Å². The minimum Gasteiger partial charge on any atom is -0.486 e. The lowest BCUT2D eigenvalue weighted by Gasteiger charge is -2.40. The highest BCUT2D eigenvalue weighted by Gasteiger charge is 2.31. The van der Waals surface area contributed by atoms with Crippen molar-refractivity contribution in [1.29, 1.82) is 0 Å². The number of anilines is 2. The lowest BCUT2D eigenvalue weighted by atomic mass is 10.1. The number of carbonyl (C=O) groups excluding carboxylic acids is 1. The third-order valence-electron chi connectivity index (χ3n) is 6.37. The van der Waals surface area contributed by atoms with Crippen molar-refractivity contribution in [3.8, 4) is 5.75 Å². The van der Waals surface area contributed by atoms with Gasteiger partial charge >= 0.3 is 0 Å². The molecule has 2 fully saturated rings. The Hall–Kier alpha value is -3.88. The second kappa shape index (κ2) is 7.61. The molecule has 9 heteroatoms. The van der Waals surface area contributed by atoms with E-state index in [1.54, 1.807) is 10.9 Å². The molecule has 0 unspecified atom stereocenters. The first-order chi connectivity index (χ1) is 16.0. The van der Waals surface area contributed by atoms with Crippen molar-refractivity contribution in [2.45, 2.75) is 31.8 Å². The van der Waals surface area contributed by atoms with Gasteiger partial charge in [-0.05, 0) is 37.5 Å². The van der Waals surface area contributed by atoms with Crippen LogP contribution in [0, 0.1) is 6.92 Å². The molecule has 1 saturated heterocycles. The van der Waals surface area contributed by atoms with Crippen LogP contribution in [0.5, 0.6) is 5.75 Å². The van der Waals surface area contributed by atoms with E-state index >= 15 is 0 Å². The van der Waals surface area contributed by atoms with E-state index in [4.69, 9.17) is 4.74 Å². The molecule has 6 rings (SSSR count). The highest BCUT2D eigenvalue weighted by atomic mass is 16.5. The summed E-state index contributed by atoms with van der Waals surface area (Å²) in [4.78, 5) is 19.3. The Kier molecular flexibility index (Phi) is 4.56. The highest BCUT2D eigenvalue weighted by molar-refractivity contribution is 6.04. The van der Waals surface area contributed by atoms with Gasteiger partial charge in [-0.2, -0.15) is 10.2 Å². The van der Waals surface area contributed by atoms with E-state index in [2.05, 4.69) is 25.4 Å². The van der Waals surface area contributed by atoms with Crippen molar-refractivity contribution in [3.05, 3.63) is 65.9 Å². The van der Waals surface area contributed by atoms with Gasteiger partial charge in [-0.3, -0.25) is 14.5 Å². The number of fused-ring (bicyclic) bond motifs is 1. The Bertz CT molecular complexity index is 1350. The molecule has 1 aliphatic carbocycles. The van der Waals surface area contributed by atoms with Gasteiger partial charge in [0.2, 0.25) is 0 Å². The number of nitrogens with one attached hydrogen (secondary N) is 1. The van der Waals surface area contributed by atoms with Gasteiger partial charge in [0, 0.05) is 37.0 Å². The molecule has 1 aromatic carbocycles.